The van der Waals surface area contributed by atoms with Crippen molar-refractivity contribution >= 4 is 28.3 Å². The average molecular weight is 362 g/mol. The standard InChI is InChI=1S/C17H22N4O3S/c1-13(2)21-11-15(10-19-21)20-17(23)16(22)18-8-9-25(24)12-14-6-4-3-5-7-14/h3-7,10-11,13H,8-9,12H2,1-2H3,(H,18,22)(H,20,23). The molecule has 0 aliphatic carbocycles. The van der Waals surface area contributed by atoms with Gasteiger partial charge in [0.25, 0.3) is 0 Å². The Morgan fingerprint density at radius 1 is 1.20 bits per heavy atom. The van der Waals surface area contributed by atoms with Gasteiger partial charge in [0.05, 0.1) is 11.9 Å². The van der Waals surface area contributed by atoms with Gasteiger partial charge in [-0.1, -0.05) is 30.3 Å². The van der Waals surface area contributed by atoms with E-state index in [1.165, 1.54) is 6.20 Å². The third-order valence-corrected chi connectivity index (χ3v) is 4.70. The van der Waals surface area contributed by atoms with Crippen LogP contribution in [-0.4, -0.2) is 38.1 Å². The lowest BCUT2D eigenvalue weighted by Crippen LogP contribution is -2.37. The minimum atomic E-state index is -1.10. The lowest BCUT2D eigenvalue weighted by atomic mass is 10.2. The second-order valence-corrected chi connectivity index (χ2v) is 7.36. The molecule has 0 bridgehead atoms. The van der Waals surface area contributed by atoms with Crippen LogP contribution in [0.1, 0.15) is 25.5 Å². The van der Waals surface area contributed by atoms with E-state index in [9.17, 15) is 13.8 Å². The predicted molar refractivity (Wildman–Crippen MR) is 97.4 cm³/mol. The van der Waals surface area contributed by atoms with Gasteiger partial charge in [0.1, 0.15) is 0 Å². The molecule has 25 heavy (non-hydrogen) atoms. The maximum absolute atomic E-state index is 12.0. The summed E-state index contributed by atoms with van der Waals surface area (Å²) in [4.78, 5) is 23.6. The summed E-state index contributed by atoms with van der Waals surface area (Å²) in [6.45, 7) is 4.10. The number of nitrogens with zero attached hydrogens (tertiary/aromatic N) is 2. The zero-order chi connectivity index (χ0) is 18.2. The van der Waals surface area contributed by atoms with Crippen LogP contribution in [0.3, 0.4) is 0 Å². The Labute approximate surface area is 149 Å². The van der Waals surface area contributed by atoms with Crippen molar-refractivity contribution in [2.75, 3.05) is 17.6 Å². The molecular formula is C17H22N4O3S. The largest absolute Gasteiger partial charge is 0.347 e. The van der Waals surface area contributed by atoms with Crippen LogP contribution < -0.4 is 10.6 Å². The van der Waals surface area contributed by atoms with Gasteiger partial charge in [0, 0.05) is 41.1 Å². The summed E-state index contributed by atoms with van der Waals surface area (Å²) in [7, 11) is -1.10. The predicted octanol–water partition coefficient (Wildman–Crippen LogP) is 1.47. The number of carbonyl (C=O) groups excluding carboxylic acids is 2. The highest BCUT2D eigenvalue weighted by Crippen LogP contribution is 2.09. The fraction of sp³-hybridized carbons (Fsp3) is 0.353. The van der Waals surface area contributed by atoms with Crippen LogP contribution >= 0.6 is 0 Å². The van der Waals surface area contributed by atoms with Crippen molar-refractivity contribution in [3.05, 3.63) is 48.3 Å². The number of rotatable bonds is 7. The molecule has 134 valence electrons. The average Bonchev–Trinajstić information content (AvgIpc) is 3.04. The number of carbonyl (C=O) groups is 2. The van der Waals surface area contributed by atoms with Crippen molar-refractivity contribution in [1.82, 2.24) is 15.1 Å². The molecule has 1 unspecified atom stereocenters. The van der Waals surface area contributed by atoms with Gasteiger partial charge in [-0.25, -0.2) is 0 Å². The first-order valence-electron chi connectivity index (χ1n) is 7.98. The van der Waals surface area contributed by atoms with Crippen molar-refractivity contribution in [2.24, 2.45) is 0 Å². The van der Waals surface area contributed by atoms with E-state index in [4.69, 9.17) is 0 Å². The van der Waals surface area contributed by atoms with Crippen molar-refractivity contribution in [3.8, 4) is 0 Å². The van der Waals surface area contributed by atoms with Crippen LogP contribution in [0, 0.1) is 0 Å². The first-order chi connectivity index (χ1) is 12.0. The number of nitrogens with one attached hydrogen (secondary N) is 2. The molecule has 0 radical (unpaired) electrons. The van der Waals surface area contributed by atoms with Gasteiger partial charge in [-0.2, -0.15) is 5.10 Å². The number of aromatic nitrogens is 2. The molecular weight excluding hydrogens is 340 g/mol. The molecule has 2 N–H and O–H groups in total. The molecule has 7 nitrogen and oxygen atoms in total. The summed E-state index contributed by atoms with van der Waals surface area (Å²) in [6.07, 6.45) is 3.14. The summed E-state index contributed by atoms with van der Waals surface area (Å²) in [5.41, 5.74) is 1.44. The first kappa shape index (κ1) is 18.9. The highest BCUT2D eigenvalue weighted by atomic mass is 32.2. The van der Waals surface area contributed by atoms with E-state index in [0.29, 0.717) is 17.2 Å². The Kier molecular flexibility index (Phi) is 6.88. The van der Waals surface area contributed by atoms with Gasteiger partial charge >= 0.3 is 11.8 Å². The summed E-state index contributed by atoms with van der Waals surface area (Å²) in [6, 6.07) is 9.65. The Balaban J connectivity index is 1.72. The van der Waals surface area contributed by atoms with Crippen LogP contribution in [0.15, 0.2) is 42.7 Å². The Morgan fingerprint density at radius 2 is 1.92 bits per heavy atom. The van der Waals surface area contributed by atoms with Gasteiger partial charge in [-0.05, 0) is 19.4 Å². The van der Waals surface area contributed by atoms with Crippen LogP contribution in [0.4, 0.5) is 5.69 Å². The fourth-order valence-electron chi connectivity index (χ4n) is 2.06. The quantitative estimate of drug-likeness (QED) is 0.730. The molecule has 2 rings (SSSR count). The SMILES string of the molecule is CC(C)n1cc(NC(=O)C(=O)NCCS(=O)Cc2ccccc2)cn1. The molecule has 8 heteroatoms. The number of amides is 2. The third kappa shape index (κ3) is 6.15. The molecule has 1 aromatic carbocycles. The molecule has 0 fully saturated rings. The molecule has 2 amide bonds. The molecule has 0 spiro atoms. The smallest absolute Gasteiger partial charge is 0.313 e. The topological polar surface area (TPSA) is 93.1 Å². The van der Waals surface area contributed by atoms with Crippen LogP contribution in [-0.2, 0) is 26.1 Å². The molecule has 1 heterocycles. The van der Waals surface area contributed by atoms with Gasteiger partial charge in [-0.15, -0.1) is 0 Å². The minimum absolute atomic E-state index is 0.166. The molecule has 0 saturated heterocycles. The molecule has 1 atom stereocenters. The van der Waals surface area contributed by atoms with E-state index in [2.05, 4.69) is 15.7 Å². The minimum Gasteiger partial charge on any atom is -0.347 e. The van der Waals surface area contributed by atoms with Crippen LogP contribution in [0.5, 0.6) is 0 Å². The van der Waals surface area contributed by atoms with E-state index >= 15 is 0 Å². The fourth-order valence-corrected chi connectivity index (χ4v) is 3.10. The third-order valence-electron chi connectivity index (χ3n) is 3.38. The monoisotopic (exact) mass is 362 g/mol. The number of anilines is 1. The summed E-state index contributed by atoms with van der Waals surface area (Å²) < 4.78 is 13.7. The van der Waals surface area contributed by atoms with Gasteiger partial charge in [0.2, 0.25) is 0 Å². The number of hydrogen-bond acceptors (Lipinski definition) is 4. The Hall–Kier alpha value is -2.48. The molecule has 0 saturated carbocycles. The maximum atomic E-state index is 12.0. The highest BCUT2D eigenvalue weighted by molar-refractivity contribution is 7.84. The van der Waals surface area contributed by atoms with Crippen LogP contribution in [0.25, 0.3) is 0 Å². The molecule has 1 aromatic heterocycles. The number of hydrogen-bond donors (Lipinski definition) is 2. The zero-order valence-electron chi connectivity index (χ0n) is 14.3. The molecule has 2 aromatic rings. The van der Waals surface area contributed by atoms with E-state index in [1.807, 2.05) is 44.2 Å². The lowest BCUT2D eigenvalue weighted by molar-refractivity contribution is -0.136. The Morgan fingerprint density at radius 3 is 2.56 bits per heavy atom. The second-order valence-electron chi connectivity index (χ2n) is 5.79. The zero-order valence-corrected chi connectivity index (χ0v) is 15.1. The summed E-state index contributed by atoms with van der Waals surface area (Å²) >= 11 is 0. The van der Waals surface area contributed by atoms with Gasteiger partial charge in [-0.3, -0.25) is 18.5 Å². The molecule has 0 aliphatic rings. The van der Waals surface area contributed by atoms with Crippen molar-refractivity contribution < 1.29 is 13.8 Å². The van der Waals surface area contributed by atoms with Gasteiger partial charge in [0.15, 0.2) is 0 Å². The maximum Gasteiger partial charge on any atom is 0.313 e. The number of benzene rings is 1. The van der Waals surface area contributed by atoms with Crippen LogP contribution in [0.2, 0.25) is 0 Å². The van der Waals surface area contributed by atoms with Gasteiger partial charge < -0.3 is 10.6 Å². The van der Waals surface area contributed by atoms with E-state index < -0.39 is 22.6 Å². The van der Waals surface area contributed by atoms with Crippen molar-refractivity contribution in [3.63, 3.8) is 0 Å². The van der Waals surface area contributed by atoms with Crippen molar-refractivity contribution in [2.45, 2.75) is 25.6 Å². The normalized spacial score (nSPS) is 12.0. The lowest BCUT2D eigenvalue weighted by Gasteiger charge is -2.06. The first-order valence-corrected chi connectivity index (χ1v) is 9.46. The Bertz CT molecular complexity index is 743. The second kappa shape index (κ2) is 9.12. The summed E-state index contributed by atoms with van der Waals surface area (Å²) in [5, 5.41) is 9.05. The summed E-state index contributed by atoms with van der Waals surface area (Å²) in [5.74, 6) is -0.803. The van der Waals surface area contributed by atoms with E-state index in [0.717, 1.165) is 5.56 Å². The van der Waals surface area contributed by atoms with E-state index in [1.54, 1.807) is 10.9 Å². The molecule has 0 aliphatic heterocycles. The van der Waals surface area contributed by atoms with Crippen molar-refractivity contribution in [1.29, 1.82) is 0 Å². The highest BCUT2D eigenvalue weighted by Gasteiger charge is 2.15. The van der Waals surface area contributed by atoms with E-state index in [-0.39, 0.29) is 12.6 Å².